The second kappa shape index (κ2) is 5.61. The molecule has 0 bridgehead atoms. The van der Waals surface area contributed by atoms with Crippen molar-refractivity contribution in [2.24, 2.45) is 5.14 Å². The number of nitrogens with one attached hydrogen (secondary N) is 1. The van der Waals surface area contributed by atoms with Gasteiger partial charge in [-0.3, -0.25) is 4.79 Å². The molecule has 0 spiro atoms. The number of rotatable bonds is 4. The number of benzene rings is 1. The van der Waals surface area contributed by atoms with E-state index in [1.165, 1.54) is 18.2 Å². The van der Waals surface area contributed by atoms with Crippen molar-refractivity contribution < 1.29 is 13.2 Å². The van der Waals surface area contributed by atoms with Gasteiger partial charge in [0.1, 0.15) is 0 Å². The van der Waals surface area contributed by atoms with E-state index in [4.69, 9.17) is 5.14 Å². The summed E-state index contributed by atoms with van der Waals surface area (Å²) in [5.41, 5.74) is 0.530. The van der Waals surface area contributed by atoms with Crippen LogP contribution in [0.2, 0.25) is 0 Å². The van der Waals surface area contributed by atoms with Gasteiger partial charge in [-0.25, -0.2) is 13.6 Å². The number of anilines is 1. The number of hydrogen-bond acceptors (Lipinski definition) is 3. The van der Waals surface area contributed by atoms with Crippen molar-refractivity contribution in [3.05, 3.63) is 22.7 Å². The van der Waals surface area contributed by atoms with Crippen LogP contribution in [0.15, 0.2) is 27.6 Å². The van der Waals surface area contributed by atoms with Gasteiger partial charge in [-0.2, -0.15) is 0 Å². The normalized spacial score (nSPS) is 11.2. The first-order chi connectivity index (χ1) is 7.84. The van der Waals surface area contributed by atoms with E-state index in [1.807, 2.05) is 6.92 Å². The van der Waals surface area contributed by atoms with Crippen molar-refractivity contribution in [1.82, 2.24) is 0 Å². The average Bonchev–Trinajstić information content (AvgIpc) is 2.15. The third kappa shape index (κ3) is 4.10. The number of carbonyl (C=O) groups is 1. The van der Waals surface area contributed by atoms with Crippen LogP contribution >= 0.6 is 15.9 Å². The van der Waals surface area contributed by atoms with Gasteiger partial charge in [0.2, 0.25) is 15.9 Å². The van der Waals surface area contributed by atoms with Gasteiger partial charge in [-0.15, -0.1) is 0 Å². The molecule has 17 heavy (non-hydrogen) atoms. The summed E-state index contributed by atoms with van der Waals surface area (Å²) in [6.07, 6.45) is 1.18. The predicted molar refractivity (Wildman–Crippen MR) is 69.1 cm³/mol. The topological polar surface area (TPSA) is 89.3 Å². The van der Waals surface area contributed by atoms with Crippen LogP contribution < -0.4 is 10.5 Å². The maximum Gasteiger partial charge on any atom is 0.239 e. The number of carbonyl (C=O) groups excluding carboxylic acids is 1. The van der Waals surface area contributed by atoms with E-state index < -0.39 is 10.0 Å². The van der Waals surface area contributed by atoms with E-state index in [1.54, 1.807) is 0 Å². The molecule has 0 heterocycles. The lowest BCUT2D eigenvalue weighted by atomic mass is 10.3. The summed E-state index contributed by atoms with van der Waals surface area (Å²) in [5.74, 6) is -0.109. The van der Waals surface area contributed by atoms with E-state index in [2.05, 4.69) is 21.2 Å². The highest BCUT2D eigenvalue weighted by Gasteiger charge is 2.13. The summed E-state index contributed by atoms with van der Waals surface area (Å²) >= 11 is 3.10. The molecule has 1 amide bonds. The fourth-order valence-corrected chi connectivity index (χ4v) is 2.90. The number of sulfonamides is 1. The van der Waals surface area contributed by atoms with Crippen LogP contribution in [-0.4, -0.2) is 14.3 Å². The molecule has 0 atom stereocenters. The van der Waals surface area contributed by atoms with Gasteiger partial charge >= 0.3 is 0 Å². The van der Waals surface area contributed by atoms with E-state index >= 15 is 0 Å². The molecule has 0 saturated carbocycles. The molecule has 0 aliphatic heterocycles. The quantitative estimate of drug-likeness (QED) is 0.886. The highest BCUT2D eigenvalue weighted by Crippen LogP contribution is 2.24. The van der Waals surface area contributed by atoms with Crippen molar-refractivity contribution in [3.8, 4) is 0 Å². The predicted octanol–water partition coefficient (Wildman–Crippen LogP) is 1.84. The van der Waals surface area contributed by atoms with Gasteiger partial charge in [-0.05, 0) is 40.5 Å². The number of primary sulfonamides is 1. The van der Waals surface area contributed by atoms with Gasteiger partial charge < -0.3 is 5.32 Å². The molecule has 0 fully saturated rings. The summed E-state index contributed by atoms with van der Waals surface area (Å²) in [6, 6.07) is 4.35. The number of nitrogens with two attached hydrogens (primary N) is 1. The van der Waals surface area contributed by atoms with Crippen LogP contribution in [0.4, 0.5) is 5.69 Å². The highest BCUT2D eigenvalue weighted by atomic mass is 79.9. The molecule has 1 aromatic rings. The van der Waals surface area contributed by atoms with Gasteiger partial charge in [0, 0.05) is 16.6 Å². The molecule has 0 aliphatic carbocycles. The Morgan fingerprint density at radius 3 is 2.59 bits per heavy atom. The fraction of sp³-hybridized carbons (Fsp3) is 0.300. The van der Waals surface area contributed by atoms with Gasteiger partial charge in [-0.1, -0.05) is 6.92 Å². The third-order valence-electron chi connectivity index (χ3n) is 2.00. The maximum atomic E-state index is 11.3. The fourth-order valence-electron chi connectivity index (χ4n) is 1.26. The summed E-state index contributed by atoms with van der Waals surface area (Å²) < 4.78 is 22.6. The van der Waals surface area contributed by atoms with Crippen LogP contribution in [0.1, 0.15) is 19.8 Å². The number of amides is 1. The molecule has 0 saturated heterocycles. The van der Waals surface area contributed by atoms with Crippen molar-refractivity contribution in [3.63, 3.8) is 0 Å². The van der Waals surface area contributed by atoms with Crippen LogP contribution in [-0.2, 0) is 14.8 Å². The standard InChI is InChI=1S/C10H13BrN2O3S/c1-2-3-10(14)13-7-4-5-9(8(11)6-7)17(12,15)16/h4-6H,2-3H2,1H3,(H,13,14)(H2,12,15,16). The minimum absolute atomic E-state index is 0.00834. The van der Waals surface area contributed by atoms with Gasteiger partial charge in [0.25, 0.3) is 0 Å². The van der Waals surface area contributed by atoms with Crippen LogP contribution in [0.3, 0.4) is 0 Å². The minimum atomic E-state index is -3.75. The van der Waals surface area contributed by atoms with E-state index in [9.17, 15) is 13.2 Å². The Morgan fingerprint density at radius 2 is 2.12 bits per heavy atom. The largest absolute Gasteiger partial charge is 0.326 e. The zero-order chi connectivity index (χ0) is 13.1. The minimum Gasteiger partial charge on any atom is -0.326 e. The van der Waals surface area contributed by atoms with Crippen LogP contribution in [0.25, 0.3) is 0 Å². The van der Waals surface area contributed by atoms with Crippen molar-refractivity contribution >= 4 is 37.5 Å². The first-order valence-corrected chi connectivity index (χ1v) is 7.30. The van der Waals surface area contributed by atoms with Crippen LogP contribution in [0.5, 0.6) is 0 Å². The number of halogens is 1. The Morgan fingerprint density at radius 1 is 1.47 bits per heavy atom. The zero-order valence-electron chi connectivity index (χ0n) is 9.23. The molecular weight excluding hydrogens is 308 g/mol. The average molecular weight is 321 g/mol. The first kappa shape index (κ1) is 14.1. The lowest BCUT2D eigenvalue weighted by Crippen LogP contribution is -2.14. The van der Waals surface area contributed by atoms with Crippen molar-refractivity contribution in [2.45, 2.75) is 24.7 Å². The Balaban J connectivity index is 2.94. The summed E-state index contributed by atoms with van der Waals surface area (Å²) in [6.45, 7) is 1.90. The summed E-state index contributed by atoms with van der Waals surface area (Å²) in [5, 5.41) is 7.67. The van der Waals surface area contributed by atoms with Crippen molar-refractivity contribution in [1.29, 1.82) is 0 Å². The lowest BCUT2D eigenvalue weighted by molar-refractivity contribution is -0.116. The van der Waals surface area contributed by atoms with Gasteiger partial charge in [0.05, 0.1) is 4.90 Å². The molecule has 5 nitrogen and oxygen atoms in total. The van der Waals surface area contributed by atoms with Gasteiger partial charge in [0.15, 0.2) is 0 Å². The second-order valence-corrected chi connectivity index (χ2v) is 5.87. The first-order valence-electron chi connectivity index (χ1n) is 4.96. The molecule has 1 rings (SSSR count). The Labute approximate surface area is 109 Å². The Hall–Kier alpha value is -0.920. The summed E-state index contributed by atoms with van der Waals surface area (Å²) in [4.78, 5) is 11.3. The molecule has 1 aromatic carbocycles. The molecule has 0 aliphatic rings. The third-order valence-corrected chi connectivity index (χ3v) is 3.89. The highest BCUT2D eigenvalue weighted by molar-refractivity contribution is 9.10. The summed E-state index contributed by atoms with van der Waals surface area (Å²) in [7, 11) is -3.75. The smallest absolute Gasteiger partial charge is 0.239 e. The molecule has 0 unspecified atom stereocenters. The lowest BCUT2D eigenvalue weighted by Gasteiger charge is -2.07. The Bertz CT molecular complexity index is 528. The van der Waals surface area contributed by atoms with E-state index in [-0.39, 0.29) is 10.8 Å². The molecule has 0 radical (unpaired) electrons. The molecule has 94 valence electrons. The van der Waals surface area contributed by atoms with E-state index in [0.717, 1.165) is 6.42 Å². The molecule has 3 N–H and O–H groups in total. The van der Waals surface area contributed by atoms with Crippen LogP contribution in [0, 0.1) is 0 Å². The SMILES string of the molecule is CCCC(=O)Nc1ccc(S(N)(=O)=O)c(Br)c1. The number of hydrogen-bond donors (Lipinski definition) is 2. The van der Waals surface area contributed by atoms with Crippen molar-refractivity contribution in [2.75, 3.05) is 5.32 Å². The zero-order valence-corrected chi connectivity index (χ0v) is 11.6. The monoisotopic (exact) mass is 320 g/mol. The molecule has 7 heteroatoms. The maximum absolute atomic E-state index is 11.3. The van der Waals surface area contributed by atoms with E-state index in [0.29, 0.717) is 16.6 Å². The molecular formula is C10H13BrN2O3S. The Kier molecular flexibility index (Phi) is 4.67. The molecule has 0 aromatic heterocycles. The second-order valence-electron chi connectivity index (χ2n) is 3.49.